The quantitative estimate of drug-likeness (QED) is 0.452. The van der Waals surface area contributed by atoms with Gasteiger partial charge in [-0.2, -0.15) is 0 Å². The van der Waals surface area contributed by atoms with Gasteiger partial charge in [0.05, 0.1) is 5.57 Å². The van der Waals surface area contributed by atoms with Crippen molar-refractivity contribution in [3.63, 3.8) is 0 Å². The summed E-state index contributed by atoms with van der Waals surface area (Å²) in [7, 11) is 0. The summed E-state index contributed by atoms with van der Waals surface area (Å²) in [6.07, 6.45) is 0.622. The number of carbonyl (C=O) groups excluding carboxylic acids is 1. The Kier molecular flexibility index (Phi) is 4.64. The minimum Gasteiger partial charge on any atom is -0.390 e. The van der Waals surface area contributed by atoms with Crippen molar-refractivity contribution in [1.82, 2.24) is 0 Å². The summed E-state index contributed by atoms with van der Waals surface area (Å²) in [6, 6.07) is 21.7. The van der Waals surface area contributed by atoms with Gasteiger partial charge in [-0.3, -0.25) is 4.79 Å². The number of hydrogen-bond acceptors (Lipinski definition) is 3. The summed E-state index contributed by atoms with van der Waals surface area (Å²) in [5.74, 6) is -0.134. The first-order valence-corrected chi connectivity index (χ1v) is 10.2. The van der Waals surface area contributed by atoms with Crippen LogP contribution in [0, 0.1) is 6.92 Å². The average Bonchev–Trinajstić information content (AvgIpc) is 3.25. The smallest absolute Gasteiger partial charge is 0.256 e. The number of amides is 1. The van der Waals surface area contributed by atoms with Crippen LogP contribution < -0.4 is 5.32 Å². The third-order valence-corrected chi connectivity index (χ3v) is 5.91. The Morgan fingerprint density at radius 3 is 2.63 bits per heavy atom. The van der Waals surface area contributed by atoms with Gasteiger partial charge in [0, 0.05) is 28.3 Å². The predicted octanol–water partition coefficient (Wildman–Crippen LogP) is 5.53. The molecule has 2 aliphatic rings. The van der Waals surface area contributed by atoms with E-state index < -0.39 is 0 Å². The molecule has 0 spiro atoms. The normalized spacial score (nSPS) is 18.3. The fourth-order valence-electron chi connectivity index (χ4n) is 4.00. The fraction of sp³-hybridized carbons (Fsp3) is 0.120. The molecule has 0 fully saturated rings. The van der Waals surface area contributed by atoms with E-state index in [0.29, 0.717) is 29.3 Å². The molecule has 0 saturated heterocycles. The Bertz CT molecular complexity index is 1230. The Hall–Kier alpha value is -3.37. The van der Waals surface area contributed by atoms with Crippen LogP contribution in [0.15, 0.2) is 77.5 Å². The zero-order valence-corrected chi connectivity index (χ0v) is 17.2. The van der Waals surface area contributed by atoms with E-state index in [0.717, 1.165) is 39.1 Å². The highest BCUT2D eigenvalue weighted by Gasteiger charge is 2.34. The third-order valence-electron chi connectivity index (χ3n) is 5.50. The van der Waals surface area contributed by atoms with E-state index in [1.807, 2.05) is 67.6 Å². The second-order valence-electron chi connectivity index (χ2n) is 7.49. The lowest BCUT2D eigenvalue weighted by molar-refractivity contribution is -0.110. The Morgan fingerprint density at radius 1 is 1.03 bits per heavy atom. The van der Waals surface area contributed by atoms with Gasteiger partial charge in [0.15, 0.2) is 0 Å². The first-order chi connectivity index (χ1) is 14.6. The maximum absolute atomic E-state index is 12.9. The van der Waals surface area contributed by atoms with Crippen LogP contribution in [0.1, 0.15) is 27.8 Å². The van der Waals surface area contributed by atoms with Gasteiger partial charge in [-0.1, -0.05) is 71.4 Å². The lowest BCUT2D eigenvalue weighted by Crippen LogP contribution is -2.10. The molecule has 0 atom stereocenters. The molecule has 1 N–H and O–H groups in total. The topological polar surface area (TPSA) is 50.7 Å². The van der Waals surface area contributed by atoms with Gasteiger partial charge in [0.25, 0.3) is 5.91 Å². The molecule has 0 radical (unpaired) electrons. The minimum absolute atomic E-state index is 0.134. The summed E-state index contributed by atoms with van der Waals surface area (Å²) < 4.78 is 0. The minimum atomic E-state index is -0.134. The Labute approximate surface area is 179 Å². The van der Waals surface area contributed by atoms with Crippen LogP contribution >= 0.6 is 11.6 Å². The summed E-state index contributed by atoms with van der Waals surface area (Å²) in [4.78, 5) is 18.6. The van der Waals surface area contributed by atoms with Crippen molar-refractivity contribution in [2.45, 2.75) is 20.0 Å². The van der Waals surface area contributed by atoms with E-state index in [1.165, 1.54) is 0 Å². The maximum Gasteiger partial charge on any atom is 0.256 e. The second-order valence-corrected chi connectivity index (χ2v) is 7.89. The molecule has 0 aromatic heterocycles. The van der Waals surface area contributed by atoms with Crippen LogP contribution in [0.25, 0.3) is 5.57 Å². The van der Waals surface area contributed by atoms with E-state index in [1.54, 1.807) is 0 Å². The summed E-state index contributed by atoms with van der Waals surface area (Å²) >= 11 is 6.37. The van der Waals surface area contributed by atoms with Gasteiger partial charge in [0.1, 0.15) is 12.3 Å². The number of nitrogens with one attached hydrogen (secondary N) is 1. The molecule has 30 heavy (non-hydrogen) atoms. The number of carbonyl (C=O) groups is 1. The van der Waals surface area contributed by atoms with E-state index in [9.17, 15) is 4.79 Å². The van der Waals surface area contributed by atoms with Crippen molar-refractivity contribution < 1.29 is 9.63 Å². The highest BCUT2D eigenvalue weighted by Crippen LogP contribution is 2.41. The lowest BCUT2D eigenvalue weighted by Gasteiger charge is -2.08. The number of halogens is 1. The maximum atomic E-state index is 12.9. The molecule has 0 bridgehead atoms. The summed E-state index contributed by atoms with van der Waals surface area (Å²) in [5.41, 5.74) is 7.86. The number of benzene rings is 3. The zero-order valence-electron chi connectivity index (χ0n) is 16.4. The molecule has 5 heteroatoms. The SMILES string of the molecule is Cc1cc2c(cc1Cl)/C(=C1/Cc3ccccc3/C1=N\OCc1ccccc1)C(=O)N2. The van der Waals surface area contributed by atoms with Crippen molar-refractivity contribution in [2.75, 3.05) is 5.32 Å². The van der Waals surface area contributed by atoms with E-state index >= 15 is 0 Å². The van der Waals surface area contributed by atoms with Gasteiger partial charge < -0.3 is 10.2 Å². The molecule has 1 heterocycles. The molecule has 3 aromatic rings. The van der Waals surface area contributed by atoms with Crippen LogP contribution in [-0.4, -0.2) is 11.6 Å². The zero-order chi connectivity index (χ0) is 20.7. The molecule has 4 nitrogen and oxygen atoms in total. The summed E-state index contributed by atoms with van der Waals surface area (Å²) in [5, 5.41) is 8.09. The predicted molar refractivity (Wildman–Crippen MR) is 120 cm³/mol. The third kappa shape index (κ3) is 3.19. The monoisotopic (exact) mass is 414 g/mol. The van der Waals surface area contributed by atoms with Crippen molar-refractivity contribution in [1.29, 1.82) is 0 Å². The largest absolute Gasteiger partial charge is 0.390 e. The van der Waals surface area contributed by atoms with Crippen molar-refractivity contribution in [3.8, 4) is 0 Å². The number of hydrogen-bond donors (Lipinski definition) is 1. The fourth-order valence-corrected chi connectivity index (χ4v) is 4.16. The molecular formula is C25H19ClN2O2. The molecule has 1 amide bonds. The first-order valence-electron chi connectivity index (χ1n) is 9.79. The molecule has 148 valence electrons. The highest BCUT2D eigenvalue weighted by molar-refractivity contribution is 6.39. The molecule has 0 unspecified atom stereocenters. The van der Waals surface area contributed by atoms with Crippen molar-refractivity contribution in [2.24, 2.45) is 5.16 Å². The highest BCUT2D eigenvalue weighted by atomic mass is 35.5. The van der Waals surface area contributed by atoms with Crippen LogP contribution in [0.4, 0.5) is 5.69 Å². The van der Waals surface area contributed by atoms with Crippen molar-refractivity contribution >= 4 is 34.5 Å². The standard InChI is InChI=1S/C25H19ClN2O2/c1-15-11-22-19(13-21(15)26)23(25(29)27-22)20-12-17-9-5-6-10-18(17)24(20)28-30-14-16-7-3-2-4-8-16/h2-11,13H,12,14H2,1H3,(H,27,29)/b23-20+,28-24+. The molecule has 5 rings (SSSR count). The lowest BCUT2D eigenvalue weighted by atomic mass is 9.97. The van der Waals surface area contributed by atoms with Gasteiger partial charge in [-0.25, -0.2) is 0 Å². The second kappa shape index (κ2) is 7.47. The average molecular weight is 415 g/mol. The number of anilines is 1. The molecule has 1 aliphatic heterocycles. The number of aryl methyl sites for hydroxylation is 1. The molecule has 1 aliphatic carbocycles. The molecule has 0 saturated carbocycles. The van der Waals surface area contributed by atoms with E-state index in [4.69, 9.17) is 16.4 Å². The number of rotatable bonds is 3. The van der Waals surface area contributed by atoms with Crippen LogP contribution in [0.5, 0.6) is 0 Å². The van der Waals surface area contributed by atoms with Crippen molar-refractivity contribution in [3.05, 3.63) is 105 Å². The number of oxime groups is 1. The molecular weight excluding hydrogens is 396 g/mol. The van der Waals surface area contributed by atoms with E-state index in [2.05, 4.69) is 16.5 Å². The Balaban J connectivity index is 1.60. The van der Waals surface area contributed by atoms with E-state index in [-0.39, 0.29) is 5.91 Å². The summed E-state index contributed by atoms with van der Waals surface area (Å²) in [6.45, 7) is 2.29. The molecule has 3 aromatic carbocycles. The Morgan fingerprint density at radius 2 is 1.80 bits per heavy atom. The van der Waals surface area contributed by atoms with Gasteiger partial charge in [0.2, 0.25) is 0 Å². The van der Waals surface area contributed by atoms with Crippen LogP contribution in [0.2, 0.25) is 5.02 Å². The number of fused-ring (bicyclic) bond motifs is 2. The van der Waals surface area contributed by atoms with Gasteiger partial charge in [-0.15, -0.1) is 0 Å². The van der Waals surface area contributed by atoms with Gasteiger partial charge >= 0.3 is 0 Å². The van der Waals surface area contributed by atoms with Crippen LogP contribution in [0.3, 0.4) is 0 Å². The van der Waals surface area contributed by atoms with Gasteiger partial charge in [-0.05, 0) is 41.3 Å². The number of nitrogens with zero attached hydrogens (tertiary/aromatic N) is 1. The first kappa shape index (κ1) is 18.6. The number of allylic oxidation sites excluding steroid dienone is 1. The van der Waals surface area contributed by atoms with Crippen LogP contribution in [-0.2, 0) is 22.7 Å².